The molecular formula is C25H38N2O6S. The van der Waals surface area contributed by atoms with Crippen LogP contribution in [0.15, 0.2) is 12.2 Å². The van der Waals surface area contributed by atoms with E-state index in [1.165, 1.54) is 32.1 Å². The van der Waals surface area contributed by atoms with Gasteiger partial charge in [0.2, 0.25) is 11.8 Å². The van der Waals surface area contributed by atoms with Crippen LogP contribution in [0.3, 0.4) is 0 Å². The predicted molar refractivity (Wildman–Crippen MR) is 129 cm³/mol. The summed E-state index contributed by atoms with van der Waals surface area (Å²) in [6, 6.07) is 0. The molecule has 1 saturated carbocycles. The number of thioether (sulfide) groups is 1. The fourth-order valence-electron chi connectivity index (χ4n) is 5.69. The summed E-state index contributed by atoms with van der Waals surface area (Å²) in [5.74, 6) is 1.61. The number of nitrogens with one attached hydrogen (secondary N) is 2. The van der Waals surface area contributed by atoms with Gasteiger partial charge in [-0.2, -0.15) is 11.8 Å². The average molecular weight is 495 g/mol. The smallest absolute Gasteiger partial charge is 0.303 e. The van der Waals surface area contributed by atoms with Crippen molar-refractivity contribution >= 4 is 29.5 Å². The molecule has 4 aliphatic rings. The van der Waals surface area contributed by atoms with Gasteiger partial charge in [0.1, 0.15) is 12.2 Å². The Labute approximate surface area is 206 Å². The lowest BCUT2D eigenvalue weighted by molar-refractivity contribution is -0.137. The molecule has 3 saturated heterocycles. The average Bonchev–Trinajstić information content (AvgIpc) is 3.45. The van der Waals surface area contributed by atoms with E-state index in [0.29, 0.717) is 18.7 Å². The van der Waals surface area contributed by atoms with Crippen molar-refractivity contribution in [2.24, 2.45) is 17.8 Å². The quantitative estimate of drug-likeness (QED) is 0.193. The molecule has 0 unspecified atom stereocenters. The molecule has 6 atom stereocenters. The third kappa shape index (κ3) is 6.98. The Bertz CT molecular complexity index is 756. The molecule has 0 aromatic heterocycles. The molecule has 8 nitrogen and oxygen atoms in total. The van der Waals surface area contributed by atoms with Gasteiger partial charge in [-0.1, -0.05) is 31.4 Å². The fraction of sp³-hybridized carbons (Fsp3) is 0.800. The van der Waals surface area contributed by atoms with Gasteiger partial charge >= 0.3 is 5.97 Å². The lowest BCUT2D eigenvalue weighted by Gasteiger charge is -2.25. The molecule has 0 aromatic carbocycles. The van der Waals surface area contributed by atoms with Crippen LogP contribution < -0.4 is 10.6 Å². The molecule has 4 fully saturated rings. The topological polar surface area (TPSA) is 117 Å². The van der Waals surface area contributed by atoms with Crippen molar-refractivity contribution in [3.8, 4) is 0 Å². The molecule has 4 rings (SSSR count). The van der Waals surface area contributed by atoms with Gasteiger partial charge < -0.3 is 25.2 Å². The predicted octanol–water partition coefficient (Wildman–Crippen LogP) is 2.51. The molecule has 0 radical (unpaired) electrons. The molecule has 34 heavy (non-hydrogen) atoms. The minimum Gasteiger partial charge on any atom is -0.481 e. The van der Waals surface area contributed by atoms with Crippen LogP contribution in [-0.4, -0.2) is 71.9 Å². The Morgan fingerprint density at radius 1 is 0.912 bits per heavy atom. The van der Waals surface area contributed by atoms with E-state index in [2.05, 4.69) is 16.7 Å². The number of amides is 2. The fourth-order valence-corrected chi connectivity index (χ4v) is 6.76. The van der Waals surface area contributed by atoms with E-state index in [0.717, 1.165) is 24.5 Å². The van der Waals surface area contributed by atoms with Crippen molar-refractivity contribution in [1.82, 2.24) is 10.6 Å². The number of ether oxygens (including phenoxy) is 2. The number of hydrogen-bond acceptors (Lipinski definition) is 6. The van der Waals surface area contributed by atoms with Crippen molar-refractivity contribution in [3.63, 3.8) is 0 Å². The Balaban J connectivity index is 1.12. The maximum absolute atomic E-state index is 12.4. The zero-order chi connectivity index (χ0) is 23.9. The third-order valence-electron chi connectivity index (χ3n) is 7.55. The molecule has 3 N–H and O–H groups in total. The van der Waals surface area contributed by atoms with E-state index < -0.39 is 5.97 Å². The number of aliphatic carboxylic acids is 1. The molecule has 1 aliphatic carbocycles. The van der Waals surface area contributed by atoms with Crippen LogP contribution >= 0.6 is 11.8 Å². The zero-order valence-corrected chi connectivity index (χ0v) is 20.6. The molecule has 2 bridgehead atoms. The number of hydrogen-bond donors (Lipinski definition) is 3. The summed E-state index contributed by atoms with van der Waals surface area (Å²) in [6.07, 6.45) is 13.5. The van der Waals surface area contributed by atoms with E-state index in [1.807, 2.05) is 6.08 Å². The largest absolute Gasteiger partial charge is 0.481 e. The second-order valence-electron chi connectivity index (χ2n) is 10.1. The second kappa shape index (κ2) is 12.4. The standard InChI is InChI=1S/C25H38N2O6S/c28-19(13-27-20(29)15-34-14-16-8-4-3-5-9-16)26-12-18-17(10-6-1-2-7-11-21(30)31)22-24-25(33-24)23(18)32-22/h1,6,16-18,22-25H,2-5,7-15H2,(H,26,28)(H,27,29)(H,30,31)/t17-,18+,22+,23-,24-,25+/m0/s1. The van der Waals surface area contributed by atoms with E-state index in [9.17, 15) is 14.4 Å². The summed E-state index contributed by atoms with van der Waals surface area (Å²) < 4.78 is 11.9. The number of rotatable bonds is 14. The van der Waals surface area contributed by atoms with Crippen molar-refractivity contribution in [1.29, 1.82) is 0 Å². The van der Waals surface area contributed by atoms with Gasteiger partial charge in [0.25, 0.3) is 0 Å². The molecule has 0 spiro atoms. The van der Waals surface area contributed by atoms with Gasteiger partial charge in [0, 0.05) is 18.9 Å². The highest BCUT2D eigenvalue weighted by Crippen LogP contribution is 2.54. The van der Waals surface area contributed by atoms with Crippen molar-refractivity contribution < 1.29 is 29.0 Å². The number of carboxylic acids is 1. The first-order valence-electron chi connectivity index (χ1n) is 12.8. The lowest BCUT2D eigenvalue weighted by atomic mass is 9.77. The van der Waals surface area contributed by atoms with Gasteiger partial charge in [-0.25, -0.2) is 0 Å². The van der Waals surface area contributed by atoms with Crippen LogP contribution in [-0.2, 0) is 23.9 Å². The second-order valence-corrected chi connectivity index (χ2v) is 11.1. The number of carboxylic acid groups (broad SMARTS) is 1. The van der Waals surface area contributed by atoms with Gasteiger partial charge in [-0.3, -0.25) is 14.4 Å². The van der Waals surface area contributed by atoms with Crippen molar-refractivity contribution in [2.75, 3.05) is 24.6 Å². The Hall–Kier alpha value is -1.58. The Morgan fingerprint density at radius 2 is 1.65 bits per heavy atom. The van der Waals surface area contributed by atoms with Crippen LogP contribution in [0.1, 0.15) is 57.8 Å². The van der Waals surface area contributed by atoms with E-state index in [-0.39, 0.29) is 61.0 Å². The Kier molecular flexibility index (Phi) is 9.31. The molecule has 190 valence electrons. The van der Waals surface area contributed by atoms with Crippen molar-refractivity contribution in [2.45, 2.75) is 82.2 Å². The molecule has 3 heterocycles. The van der Waals surface area contributed by atoms with E-state index >= 15 is 0 Å². The van der Waals surface area contributed by atoms with Crippen molar-refractivity contribution in [3.05, 3.63) is 12.2 Å². The first-order valence-corrected chi connectivity index (χ1v) is 14.0. The lowest BCUT2D eigenvalue weighted by Crippen LogP contribution is -2.44. The van der Waals surface area contributed by atoms with Crippen LogP contribution in [0.5, 0.6) is 0 Å². The summed E-state index contributed by atoms with van der Waals surface area (Å²) >= 11 is 1.67. The third-order valence-corrected chi connectivity index (χ3v) is 8.72. The van der Waals surface area contributed by atoms with Crippen LogP contribution in [0.2, 0.25) is 0 Å². The number of carbonyl (C=O) groups excluding carboxylic acids is 2. The zero-order valence-electron chi connectivity index (χ0n) is 19.8. The number of epoxide rings is 1. The summed E-state index contributed by atoms with van der Waals surface area (Å²) in [5, 5.41) is 14.4. The molecule has 9 heteroatoms. The van der Waals surface area contributed by atoms with Gasteiger partial charge in [-0.05, 0) is 49.7 Å². The summed E-state index contributed by atoms with van der Waals surface area (Å²) in [4.78, 5) is 35.1. The summed E-state index contributed by atoms with van der Waals surface area (Å²) in [7, 11) is 0. The monoisotopic (exact) mass is 494 g/mol. The summed E-state index contributed by atoms with van der Waals surface area (Å²) in [6.45, 7) is 0.512. The van der Waals surface area contributed by atoms with Gasteiger partial charge in [0.15, 0.2) is 0 Å². The maximum Gasteiger partial charge on any atom is 0.303 e. The van der Waals surface area contributed by atoms with Crippen LogP contribution in [0.4, 0.5) is 0 Å². The highest BCUT2D eigenvalue weighted by Gasteiger charge is 2.68. The van der Waals surface area contributed by atoms with Gasteiger partial charge in [-0.15, -0.1) is 0 Å². The van der Waals surface area contributed by atoms with E-state index in [1.54, 1.807) is 11.8 Å². The number of unbranched alkanes of at least 4 members (excludes halogenated alkanes) is 1. The maximum atomic E-state index is 12.4. The van der Waals surface area contributed by atoms with Gasteiger partial charge in [0.05, 0.1) is 24.5 Å². The Morgan fingerprint density at radius 3 is 2.41 bits per heavy atom. The highest BCUT2D eigenvalue weighted by atomic mass is 32.2. The van der Waals surface area contributed by atoms with Crippen LogP contribution in [0.25, 0.3) is 0 Å². The number of carbonyl (C=O) groups is 3. The SMILES string of the molecule is O=C(O)CCCC=CC[C@H]1[C@@H](CNC(=O)CNC(=O)CSCC2CCCCC2)[C@@H]2O[C@H]1[C@@H]1O[C@@H]12. The minimum absolute atomic E-state index is 0.00119. The summed E-state index contributed by atoms with van der Waals surface area (Å²) in [5.41, 5.74) is 0. The number of allylic oxidation sites excluding steroid dienone is 2. The molecule has 3 aliphatic heterocycles. The molecule has 2 amide bonds. The highest BCUT2D eigenvalue weighted by molar-refractivity contribution is 7.99. The first-order chi connectivity index (χ1) is 16.5. The normalized spacial score (nSPS) is 32.0. The molecular weight excluding hydrogens is 456 g/mol. The van der Waals surface area contributed by atoms with Crippen LogP contribution in [0, 0.1) is 17.8 Å². The van der Waals surface area contributed by atoms with E-state index in [4.69, 9.17) is 14.6 Å². The minimum atomic E-state index is -0.767. The molecule has 0 aromatic rings. The number of fused-ring (bicyclic) bond motifs is 5. The first kappa shape index (κ1) is 25.5.